The number of aromatic amines is 1. The van der Waals surface area contributed by atoms with Crippen LogP contribution >= 0.6 is 23.4 Å². The van der Waals surface area contributed by atoms with Gasteiger partial charge in [0.2, 0.25) is 0 Å². The largest absolute Gasteiger partial charge is 0.339 e. The second-order valence-electron chi connectivity index (χ2n) is 3.53. The van der Waals surface area contributed by atoms with Crippen LogP contribution in [0.25, 0.3) is 0 Å². The van der Waals surface area contributed by atoms with Crippen LogP contribution in [0.5, 0.6) is 0 Å². The second-order valence-corrected chi connectivity index (χ2v) is 5.00. The molecule has 0 atom stereocenters. The zero-order valence-electron chi connectivity index (χ0n) is 9.53. The Kier molecular flexibility index (Phi) is 4.48. The van der Waals surface area contributed by atoms with Gasteiger partial charge in [-0.05, 0) is 30.3 Å². The molecule has 0 amide bonds. The van der Waals surface area contributed by atoms with Gasteiger partial charge in [0.15, 0.2) is 5.16 Å². The molecular formula is C12H14ClN3S. The molecule has 17 heavy (non-hydrogen) atoms. The maximum atomic E-state index is 6.02. The van der Waals surface area contributed by atoms with E-state index in [2.05, 4.69) is 22.2 Å². The summed E-state index contributed by atoms with van der Waals surface area (Å²) in [5.41, 5.74) is 1.20. The van der Waals surface area contributed by atoms with E-state index in [1.54, 1.807) is 18.0 Å². The lowest BCUT2D eigenvalue weighted by Crippen LogP contribution is -2.12. The van der Waals surface area contributed by atoms with Crippen molar-refractivity contribution in [3.05, 3.63) is 41.2 Å². The lowest BCUT2D eigenvalue weighted by atomic mass is 10.2. The first-order chi connectivity index (χ1) is 8.29. The fourth-order valence-corrected chi connectivity index (χ4v) is 2.50. The molecule has 0 fully saturated rings. The first kappa shape index (κ1) is 12.5. The van der Waals surface area contributed by atoms with E-state index in [1.807, 2.05) is 24.4 Å². The van der Waals surface area contributed by atoms with E-state index >= 15 is 0 Å². The highest BCUT2D eigenvalue weighted by Crippen LogP contribution is 2.29. The monoisotopic (exact) mass is 267 g/mol. The molecule has 0 aliphatic rings. The molecular weight excluding hydrogens is 254 g/mol. The van der Waals surface area contributed by atoms with Gasteiger partial charge in [0.25, 0.3) is 0 Å². The van der Waals surface area contributed by atoms with Gasteiger partial charge in [0.1, 0.15) is 0 Å². The van der Waals surface area contributed by atoms with Crippen molar-refractivity contribution in [3.8, 4) is 0 Å². The molecule has 0 spiro atoms. The topological polar surface area (TPSA) is 40.7 Å². The van der Waals surface area contributed by atoms with Crippen molar-refractivity contribution in [1.82, 2.24) is 15.3 Å². The molecule has 2 N–H and O–H groups in total. The van der Waals surface area contributed by atoms with Gasteiger partial charge in [-0.2, -0.15) is 0 Å². The molecule has 1 heterocycles. The van der Waals surface area contributed by atoms with Crippen LogP contribution in [0, 0.1) is 0 Å². The van der Waals surface area contributed by atoms with Gasteiger partial charge in [-0.25, -0.2) is 4.98 Å². The van der Waals surface area contributed by atoms with Gasteiger partial charge in [0.05, 0.1) is 0 Å². The predicted octanol–water partition coefficient (Wildman–Crippen LogP) is 3.32. The number of aromatic nitrogens is 2. The fourth-order valence-electron chi connectivity index (χ4n) is 1.46. The standard InChI is InChI=1S/C12H14ClN3S/c1-2-14-8-9-7-10(13)3-4-11(9)17-12-15-5-6-16-12/h3-7,14H,2,8H2,1H3,(H,15,16). The molecule has 0 saturated carbocycles. The summed E-state index contributed by atoms with van der Waals surface area (Å²) in [6.45, 7) is 3.85. The molecule has 5 heteroatoms. The van der Waals surface area contributed by atoms with Gasteiger partial charge in [-0.1, -0.05) is 30.3 Å². The molecule has 0 saturated heterocycles. The summed E-state index contributed by atoms with van der Waals surface area (Å²) in [7, 11) is 0. The summed E-state index contributed by atoms with van der Waals surface area (Å²) >= 11 is 7.63. The molecule has 90 valence electrons. The summed E-state index contributed by atoms with van der Waals surface area (Å²) in [4.78, 5) is 8.46. The van der Waals surface area contributed by atoms with Crippen molar-refractivity contribution in [1.29, 1.82) is 0 Å². The Morgan fingerprint density at radius 1 is 1.47 bits per heavy atom. The highest BCUT2D eigenvalue weighted by atomic mass is 35.5. The minimum atomic E-state index is 0.765. The van der Waals surface area contributed by atoms with Crippen LogP contribution < -0.4 is 5.32 Å². The van der Waals surface area contributed by atoms with Crippen LogP contribution in [0.2, 0.25) is 5.02 Å². The Balaban J connectivity index is 2.19. The zero-order valence-corrected chi connectivity index (χ0v) is 11.1. The van der Waals surface area contributed by atoms with Crippen molar-refractivity contribution in [2.75, 3.05) is 6.54 Å². The van der Waals surface area contributed by atoms with Crippen LogP contribution in [0.3, 0.4) is 0 Å². The normalized spacial score (nSPS) is 10.7. The maximum absolute atomic E-state index is 6.02. The summed E-state index contributed by atoms with van der Waals surface area (Å²) in [6.07, 6.45) is 3.57. The predicted molar refractivity (Wildman–Crippen MR) is 71.5 cm³/mol. The number of H-pyrrole nitrogens is 1. The number of imidazole rings is 1. The van der Waals surface area contributed by atoms with Crippen LogP contribution in [0.1, 0.15) is 12.5 Å². The van der Waals surface area contributed by atoms with Crippen LogP contribution in [-0.4, -0.2) is 16.5 Å². The van der Waals surface area contributed by atoms with Gasteiger partial charge >= 0.3 is 0 Å². The third kappa shape index (κ3) is 3.49. The molecule has 1 aromatic carbocycles. The number of hydrogen-bond acceptors (Lipinski definition) is 3. The van der Waals surface area contributed by atoms with E-state index < -0.39 is 0 Å². The number of rotatable bonds is 5. The Hall–Kier alpha value is -0.970. The summed E-state index contributed by atoms with van der Waals surface area (Å²) in [5.74, 6) is 0. The van der Waals surface area contributed by atoms with Crippen LogP contribution in [0.4, 0.5) is 0 Å². The van der Waals surface area contributed by atoms with Gasteiger partial charge in [-0.15, -0.1) is 0 Å². The van der Waals surface area contributed by atoms with E-state index in [4.69, 9.17) is 11.6 Å². The fraction of sp³-hybridized carbons (Fsp3) is 0.250. The van der Waals surface area contributed by atoms with Crippen molar-refractivity contribution < 1.29 is 0 Å². The average Bonchev–Trinajstić information content (AvgIpc) is 2.82. The van der Waals surface area contributed by atoms with Crippen molar-refractivity contribution >= 4 is 23.4 Å². The van der Waals surface area contributed by atoms with E-state index in [0.717, 1.165) is 23.3 Å². The lowest BCUT2D eigenvalue weighted by molar-refractivity contribution is 0.718. The van der Waals surface area contributed by atoms with Crippen LogP contribution in [-0.2, 0) is 6.54 Å². The van der Waals surface area contributed by atoms with Gasteiger partial charge in [-0.3, -0.25) is 0 Å². The summed E-state index contributed by atoms with van der Waals surface area (Å²) < 4.78 is 0. The number of halogens is 1. The minimum absolute atomic E-state index is 0.765. The molecule has 0 radical (unpaired) electrons. The Bertz CT molecular complexity index is 471. The third-order valence-corrected chi connectivity index (χ3v) is 3.54. The quantitative estimate of drug-likeness (QED) is 0.873. The summed E-state index contributed by atoms with van der Waals surface area (Å²) in [6, 6.07) is 5.93. The van der Waals surface area contributed by atoms with Crippen molar-refractivity contribution in [2.24, 2.45) is 0 Å². The first-order valence-electron chi connectivity index (χ1n) is 5.46. The minimum Gasteiger partial charge on any atom is -0.339 e. The summed E-state index contributed by atoms with van der Waals surface area (Å²) in [5, 5.41) is 4.97. The molecule has 0 bridgehead atoms. The Labute approximate surface area is 110 Å². The Morgan fingerprint density at radius 3 is 3.06 bits per heavy atom. The molecule has 3 nitrogen and oxygen atoms in total. The lowest BCUT2D eigenvalue weighted by Gasteiger charge is -2.08. The zero-order chi connectivity index (χ0) is 12.1. The maximum Gasteiger partial charge on any atom is 0.170 e. The molecule has 0 unspecified atom stereocenters. The molecule has 0 aliphatic carbocycles. The highest BCUT2D eigenvalue weighted by molar-refractivity contribution is 7.99. The number of nitrogens with one attached hydrogen (secondary N) is 2. The highest BCUT2D eigenvalue weighted by Gasteiger charge is 2.06. The SMILES string of the molecule is CCNCc1cc(Cl)ccc1Sc1ncc[nH]1. The van der Waals surface area contributed by atoms with E-state index in [1.165, 1.54) is 10.5 Å². The number of hydrogen-bond donors (Lipinski definition) is 2. The molecule has 0 aliphatic heterocycles. The van der Waals surface area contributed by atoms with Gasteiger partial charge in [0, 0.05) is 28.9 Å². The smallest absolute Gasteiger partial charge is 0.170 e. The number of nitrogens with zero attached hydrogens (tertiary/aromatic N) is 1. The third-order valence-electron chi connectivity index (χ3n) is 2.27. The molecule has 2 rings (SSSR count). The van der Waals surface area contributed by atoms with E-state index in [9.17, 15) is 0 Å². The Morgan fingerprint density at radius 2 is 2.35 bits per heavy atom. The second kappa shape index (κ2) is 6.10. The molecule has 1 aromatic heterocycles. The van der Waals surface area contributed by atoms with E-state index in [0.29, 0.717) is 0 Å². The average molecular weight is 268 g/mol. The van der Waals surface area contributed by atoms with E-state index in [-0.39, 0.29) is 0 Å². The number of benzene rings is 1. The van der Waals surface area contributed by atoms with Crippen molar-refractivity contribution in [3.63, 3.8) is 0 Å². The van der Waals surface area contributed by atoms with Crippen molar-refractivity contribution in [2.45, 2.75) is 23.5 Å². The first-order valence-corrected chi connectivity index (χ1v) is 6.65. The molecule has 2 aromatic rings. The van der Waals surface area contributed by atoms with Gasteiger partial charge < -0.3 is 10.3 Å². The van der Waals surface area contributed by atoms with Crippen LogP contribution in [0.15, 0.2) is 40.6 Å².